The van der Waals surface area contributed by atoms with Gasteiger partial charge in [-0.1, -0.05) is 39.2 Å². The third-order valence-corrected chi connectivity index (χ3v) is 2.60. The Morgan fingerprint density at radius 2 is 1.93 bits per heavy atom. The SMILES string of the molecule is C=CN1C=CN(CCCCCCC)C1.[Co]. The molecule has 1 aliphatic heterocycles. The van der Waals surface area contributed by atoms with Crippen LogP contribution in [0, 0.1) is 0 Å². The number of hydrogen-bond donors (Lipinski definition) is 0. The Morgan fingerprint density at radius 1 is 1.20 bits per heavy atom. The Morgan fingerprint density at radius 3 is 2.53 bits per heavy atom. The van der Waals surface area contributed by atoms with Crippen LogP contribution >= 0.6 is 0 Å². The summed E-state index contributed by atoms with van der Waals surface area (Å²) in [5.41, 5.74) is 0. The van der Waals surface area contributed by atoms with E-state index in [4.69, 9.17) is 0 Å². The van der Waals surface area contributed by atoms with Crippen molar-refractivity contribution >= 4 is 0 Å². The fraction of sp³-hybridized carbons (Fsp3) is 0.667. The third-order valence-electron chi connectivity index (χ3n) is 2.60. The maximum absolute atomic E-state index is 3.75. The second-order valence-corrected chi connectivity index (χ2v) is 3.86. The van der Waals surface area contributed by atoms with E-state index in [1.807, 2.05) is 6.20 Å². The summed E-state index contributed by atoms with van der Waals surface area (Å²) in [4.78, 5) is 4.44. The number of unbranched alkanes of at least 4 members (excludes halogenated alkanes) is 4. The number of nitrogens with zero attached hydrogens (tertiary/aromatic N) is 2. The first-order valence-electron chi connectivity index (χ1n) is 5.67. The molecular weight excluding hydrogens is 231 g/mol. The van der Waals surface area contributed by atoms with Crippen molar-refractivity contribution < 1.29 is 16.8 Å². The number of hydrogen-bond acceptors (Lipinski definition) is 2. The predicted octanol–water partition coefficient (Wildman–Crippen LogP) is 3.14. The summed E-state index contributed by atoms with van der Waals surface area (Å²) in [5, 5.41) is 0. The van der Waals surface area contributed by atoms with E-state index in [1.54, 1.807) is 0 Å². The molecule has 0 aromatic heterocycles. The second-order valence-electron chi connectivity index (χ2n) is 3.86. The monoisotopic (exact) mass is 253 g/mol. The molecule has 0 N–H and O–H groups in total. The summed E-state index contributed by atoms with van der Waals surface area (Å²) in [6.45, 7) is 8.17. The minimum Gasteiger partial charge on any atom is -0.358 e. The van der Waals surface area contributed by atoms with Crippen molar-refractivity contribution in [3.05, 3.63) is 25.2 Å². The summed E-state index contributed by atoms with van der Waals surface area (Å²) in [7, 11) is 0. The molecule has 0 aliphatic carbocycles. The van der Waals surface area contributed by atoms with E-state index in [0.717, 1.165) is 6.67 Å². The average molecular weight is 253 g/mol. The molecular formula is C12H22CoN2. The Hall–Kier alpha value is -0.414. The van der Waals surface area contributed by atoms with Gasteiger partial charge < -0.3 is 9.80 Å². The van der Waals surface area contributed by atoms with E-state index >= 15 is 0 Å². The third kappa shape index (κ3) is 5.90. The molecule has 1 radical (unpaired) electrons. The zero-order chi connectivity index (χ0) is 10.2. The van der Waals surface area contributed by atoms with Crippen LogP contribution in [0.5, 0.6) is 0 Å². The van der Waals surface area contributed by atoms with Crippen LogP contribution in [-0.4, -0.2) is 23.0 Å². The zero-order valence-electron chi connectivity index (χ0n) is 9.62. The van der Waals surface area contributed by atoms with Gasteiger partial charge in [0.05, 0.1) is 6.67 Å². The average Bonchev–Trinajstić information content (AvgIpc) is 2.65. The Balaban J connectivity index is 0.00000196. The molecule has 0 bridgehead atoms. The fourth-order valence-electron chi connectivity index (χ4n) is 1.67. The fourth-order valence-corrected chi connectivity index (χ4v) is 1.67. The molecule has 1 heterocycles. The molecule has 1 aliphatic rings. The van der Waals surface area contributed by atoms with E-state index in [1.165, 1.54) is 38.6 Å². The van der Waals surface area contributed by atoms with E-state index in [-0.39, 0.29) is 16.8 Å². The quantitative estimate of drug-likeness (QED) is 0.643. The molecule has 0 aromatic carbocycles. The van der Waals surface area contributed by atoms with E-state index in [9.17, 15) is 0 Å². The van der Waals surface area contributed by atoms with E-state index in [0.29, 0.717) is 0 Å². The van der Waals surface area contributed by atoms with Crippen LogP contribution in [-0.2, 0) is 16.8 Å². The topological polar surface area (TPSA) is 6.48 Å². The van der Waals surface area contributed by atoms with Gasteiger partial charge in [0.25, 0.3) is 0 Å². The van der Waals surface area contributed by atoms with Crippen LogP contribution in [0.15, 0.2) is 25.2 Å². The standard InChI is InChI=1S/C12H22N2.Co/c1-3-5-6-7-8-9-14-11-10-13(4-2)12-14;/h4,10-11H,2-3,5-9,12H2,1H3;. The molecule has 0 aromatic rings. The first kappa shape index (κ1) is 14.6. The molecule has 2 nitrogen and oxygen atoms in total. The molecule has 0 atom stereocenters. The molecule has 3 heteroatoms. The van der Waals surface area contributed by atoms with Gasteiger partial charge in [0.15, 0.2) is 0 Å². The van der Waals surface area contributed by atoms with E-state index in [2.05, 4.69) is 35.7 Å². The molecule has 0 fully saturated rings. The largest absolute Gasteiger partial charge is 0.358 e. The minimum absolute atomic E-state index is 0. The van der Waals surface area contributed by atoms with Crippen LogP contribution in [0.3, 0.4) is 0 Å². The van der Waals surface area contributed by atoms with E-state index < -0.39 is 0 Å². The first-order valence-corrected chi connectivity index (χ1v) is 5.67. The predicted molar refractivity (Wildman–Crippen MR) is 61.5 cm³/mol. The maximum Gasteiger partial charge on any atom is 0.0935 e. The van der Waals surface area contributed by atoms with Crippen molar-refractivity contribution in [2.75, 3.05) is 13.2 Å². The van der Waals surface area contributed by atoms with Crippen molar-refractivity contribution in [3.63, 3.8) is 0 Å². The number of rotatable bonds is 7. The molecule has 0 saturated carbocycles. The van der Waals surface area contributed by atoms with Gasteiger partial charge in [-0.25, -0.2) is 0 Å². The van der Waals surface area contributed by atoms with Crippen molar-refractivity contribution in [2.24, 2.45) is 0 Å². The van der Waals surface area contributed by atoms with Gasteiger partial charge in [-0.05, 0) is 12.6 Å². The van der Waals surface area contributed by atoms with Crippen LogP contribution in [0.1, 0.15) is 39.0 Å². The summed E-state index contributed by atoms with van der Waals surface area (Å²) < 4.78 is 0. The summed E-state index contributed by atoms with van der Waals surface area (Å²) in [5.74, 6) is 0. The second kappa shape index (κ2) is 8.86. The van der Waals surface area contributed by atoms with Crippen LogP contribution in [0.25, 0.3) is 0 Å². The Bertz CT molecular complexity index is 192. The van der Waals surface area contributed by atoms with Crippen molar-refractivity contribution in [1.82, 2.24) is 9.80 Å². The molecule has 15 heavy (non-hydrogen) atoms. The zero-order valence-corrected chi connectivity index (χ0v) is 10.7. The van der Waals surface area contributed by atoms with Crippen molar-refractivity contribution in [2.45, 2.75) is 39.0 Å². The Labute approximate surface area is 104 Å². The minimum atomic E-state index is 0. The molecule has 0 saturated heterocycles. The van der Waals surface area contributed by atoms with Gasteiger partial charge in [-0.15, -0.1) is 0 Å². The van der Waals surface area contributed by atoms with Crippen molar-refractivity contribution in [1.29, 1.82) is 0 Å². The van der Waals surface area contributed by atoms with Gasteiger partial charge in [0.1, 0.15) is 0 Å². The van der Waals surface area contributed by atoms with Crippen LogP contribution < -0.4 is 0 Å². The first-order chi connectivity index (χ1) is 6.86. The molecule has 0 amide bonds. The smallest absolute Gasteiger partial charge is 0.0935 e. The van der Waals surface area contributed by atoms with Gasteiger partial charge in [-0.2, -0.15) is 0 Å². The van der Waals surface area contributed by atoms with Crippen LogP contribution in [0.2, 0.25) is 0 Å². The molecule has 89 valence electrons. The molecule has 0 spiro atoms. The molecule has 1 rings (SSSR count). The summed E-state index contributed by atoms with van der Waals surface area (Å²) >= 11 is 0. The Kier molecular flexibility index (Phi) is 8.62. The van der Waals surface area contributed by atoms with Gasteiger partial charge in [0.2, 0.25) is 0 Å². The summed E-state index contributed by atoms with van der Waals surface area (Å²) in [6, 6.07) is 0. The maximum atomic E-state index is 3.75. The van der Waals surface area contributed by atoms with Gasteiger partial charge in [-0.3, -0.25) is 0 Å². The van der Waals surface area contributed by atoms with Crippen molar-refractivity contribution in [3.8, 4) is 0 Å². The van der Waals surface area contributed by atoms with Crippen LogP contribution in [0.4, 0.5) is 0 Å². The van der Waals surface area contributed by atoms with Gasteiger partial charge in [0, 0.05) is 35.7 Å². The van der Waals surface area contributed by atoms with Gasteiger partial charge >= 0.3 is 0 Å². The normalized spacial score (nSPS) is 14.2. The molecule has 0 unspecified atom stereocenters. The summed E-state index contributed by atoms with van der Waals surface area (Å²) in [6.07, 6.45) is 12.9.